The first-order chi connectivity index (χ1) is 13.2. The van der Waals surface area contributed by atoms with E-state index in [4.69, 9.17) is 5.10 Å². The predicted molar refractivity (Wildman–Crippen MR) is 99.6 cm³/mol. The molecule has 0 spiro atoms. The molecule has 5 rings (SSSR count). The zero-order chi connectivity index (χ0) is 18.4. The molecule has 8 heteroatoms. The first kappa shape index (κ1) is 16.2. The number of aryl methyl sites for hydroxylation is 1. The van der Waals surface area contributed by atoms with E-state index in [9.17, 15) is 4.79 Å². The largest absolute Gasteiger partial charge is 0.348 e. The quantitative estimate of drug-likeness (QED) is 0.656. The summed E-state index contributed by atoms with van der Waals surface area (Å²) in [4.78, 5) is 28.2. The Labute approximate surface area is 156 Å². The molecule has 3 aromatic rings. The van der Waals surface area contributed by atoms with Gasteiger partial charge in [-0.3, -0.25) is 4.79 Å². The predicted octanol–water partition coefficient (Wildman–Crippen LogP) is 1.93. The van der Waals surface area contributed by atoms with Crippen LogP contribution in [0.4, 0.5) is 5.82 Å². The van der Waals surface area contributed by atoms with Crippen LogP contribution >= 0.6 is 0 Å². The monoisotopic (exact) mass is 363 g/mol. The smallest absolute Gasteiger partial charge is 0.271 e. The molecule has 1 saturated heterocycles. The van der Waals surface area contributed by atoms with E-state index in [0.29, 0.717) is 11.3 Å². The van der Waals surface area contributed by atoms with E-state index in [2.05, 4.69) is 25.2 Å². The van der Waals surface area contributed by atoms with Crippen molar-refractivity contribution in [1.29, 1.82) is 0 Å². The number of hydrogen-bond donors (Lipinski definition) is 1. The van der Waals surface area contributed by atoms with Crippen LogP contribution in [0.15, 0.2) is 30.9 Å². The maximum Gasteiger partial charge on any atom is 0.271 e. The fourth-order valence-corrected chi connectivity index (χ4v) is 4.11. The van der Waals surface area contributed by atoms with Crippen LogP contribution in [-0.2, 0) is 6.42 Å². The summed E-state index contributed by atoms with van der Waals surface area (Å²) in [5.41, 5.74) is 3.36. The van der Waals surface area contributed by atoms with Gasteiger partial charge >= 0.3 is 0 Å². The number of carbonyl (C=O) groups excluding carboxylic acids is 1. The second-order valence-corrected chi connectivity index (χ2v) is 7.29. The van der Waals surface area contributed by atoms with Gasteiger partial charge in [0.15, 0.2) is 11.3 Å². The van der Waals surface area contributed by atoms with Crippen molar-refractivity contribution in [3.8, 4) is 0 Å². The normalized spacial score (nSPS) is 22.6. The third kappa shape index (κ3) is 2.72. The van der Waals surface area contributed by atoms with Crippen molar-refractivity contribution in [3.63, 3.8) is 0 Å². The molecule has 1 N–H and O–H groups in total. The van der Waals surface area contributed by atoms with E-state index >= 15 is 0 Å². The lowest BCUT2D eigenvalue weighted by Gasteiger charge is -2.27. The second-order valence-electron chi connectivity index (χ2n) is 7.29. The van der Waals surface area contributed by atoms with Gasteiger partial charge in [0.25, 0.3) is 5.91 Å². The Morgan fingerprint density at radius 1 is 1.19 bits per heavy atom. The molecule has 2 aliphatic rings. The minimum Gasteiger partial charge on any atom is -0.348 e. The van der Waals surface area contributed by atoms with E-state index < -0.39 is 0 Å². The highest BCUT2D eigenvalue weighted by Crippen LogP contribution is 2.36. The van der Waals surface area contributed by atoms with Gasteiger partial charge in [0.1, 0.15) is 12.1 Å². The fourth-order valence-electron chi connectivity index (χ4n) is 4.11. The molecule has 2 bridgehead atoms. The van der Waals surface area contributed by atoms with Gasteiger partial charge < -0.3 is 10.2 Å². The van der Waals surface area contributed by atoms with Crippen molar-refractivity contribution < 1.29 is 4.79 Å². The lowest BCUT2D eigenvalue weighted by atomic mass is 10.00. The maximum absolute atomic E-state index is 12.7. The van der Waals surface area contributed by atoms with E-state index in [1.165, 1.54) is 5.56 Å². The van der Waals surface area contributed by atoms with Crippen LogP contribution in [-0.4, -0.2) is 43.1 Å². The third-order valence-corrected chi connectivity index (χ3v) is 5.51. The molecule has 5 heterocycles. The summed E-state index contributed by atoms with van der Waals surface area (Å²) in [6.45, 7) is 2.94. The van der Waals surface area contributed by atoms with Crippen molar-refractivity contribution in [2.24, 2.45) is 0 Å². The number of aromatic nitrogens is 5. The van der Waals surface area contributed by atoms with Gasteiger partial charge in [-0.25, -0.2) is 19.5 Å². The number of amides is 1. The number of anilines is 1. The number of imidazole rings is 1. The second kappa shape index (κ2) is 6.29. The van der Waals surface area contributed by atoms with Crippen molar-refractivity contribution in [3.05, 3.63) is 47.8 Å². The van der Waals surface area contributed by atoms with E-state index in [1.807, 2.05) is 25.3 Å². The average Bonchev–Trinajstić information content (AvgIpc) is 3.32. The van der Waals surface area contributed by atoms with Gasteiger partial charge in [0, 0.05) is 30.0 Å². The lowest BCUT2D eigenvalue weighted by molar-refractivity contribution is 0.0931. The first-order valence-corrected chi connectivity index (χ1v) is 9.42. The average molecular weight is 363 g/mol. The van der Waals surface area contributed by atoms with Crippen LogP contribution in [0.1, 0.15) is 54.0 Å². The summed E-state index contributed by atoms with van der Waals surface area (Å²) in [5, 5.41) is 7.81. The number of nitrogens with one attached hydrogen (secondary N) is 1. The van der Waals surface area contributed by atoms with Crippen molar-refractivity contribution >= 4 is 17.4 Å². The number of fused-ring (bicyclic) bond motifs is 5. The molecule has 0 radical (unpaired) electrons. The zero-order valence-electron chi connectivity index (χ0n) is 15.2. The molecule has 27 heavy (non-hydrogen) atoms. The van der Waals surface area contributed by atoms with Crippen LogP contribution in [0.25, 0.3) is 5.65 Å². The molecule has 3 aromatic heterocycles. The summed E-state index contributed by atoms with van der Waals surface area (Å²) in [6.07, 6.45) is 8.90. The molecular weight excluding hydrogens is 342 g/mol. The van der Waals surface area contributed by atoms with Crippen molar-refractivity contribution in [1.82, 2.24) is 29.9 Å². The Bertz CT molecular complexity index is 1010. The molecule has 1 fully saturated rings. The molecule has 0 aromatic carbocycles. The third-order valence-electron chi connectivity index (χ3n) is 5.51. The van der Waals surface area contributed by atoms with Crippen LogP contribution in [0.2, 0.25) is 0 Å². The van der Waals surface area contributed by atoms with Crippen LogP contribution in [0.5, 0.6) is 0 Å². The maximum atomic E-state index is 12.7. The summed E-state index contributed by atoms with van der Waals surface area (Å²) in [6, 6.07) is 4.13. The summed E-state index contributed by atoms with van der Waals surface area (Å²) in [5.74, 6) is 0.693. The molecule has 8 nitrogen and oxygen atoms in total. The molecule has 0 aliphatic carbocycles. The Kier molecular flexibility index (Phi) is 3.77. The Morgan fingerprint density at radius 3 is 3.04 bits per heavy atom. The van der Waals surface area contributed by atoms with Gasteiger partial charge in [-0.1, -0.05) is 0 Å². The van der Waals surface area contributed by atoms with Crippen LogP contribution < -0.4 is 10.2 Å². The molecule has 2 aliphatic heterocycles. The highest BCUT2D eigenvalue weighted by Gasteiger charge is 2.30. The SMILES string of the molecule is CC1CCc2ncncc2[C@H]2CCCN2c2ccc3ncc(n3n2)C(=O)N1. The molecule has 138 valence electrons. The topological polar surface area (TPSA) is 88.3 Å². The molecule has 2 atom stereocenters. The van der Waals surface area contributed by atoms with Gasteiger partial charge in [0.2, 0.25) is 0 Å². The Hall–Kier alpha value is -3.03. The minimum absolute atomic E-state index is 0.0227. The van der Waals surface area contributed by atoms with Crippen LogP contribution in [0, 0.1) is 0 Å². The van der Waals surface area contributed by atoms with Gasteiger partial charge in [-0.05, 0) is 44.7 Å². The first-order valence-electron chi connectivity index (χ1n) is 9.42. The summed E-state index contributed by atoms with van der Waals surface area (Å²) in [7, 11) is 0. The number of nitrogens with zero attached hydrogens (tertiary/aromatic N) is 6. The van der Waals surface area contributed by atoms with Crippen molar-refractivity contribution in [2.45, 2.75) is 44.7 Å². The fraction of sp³-hybridized carbons (Fsp3) is 0.421. The van der Waals surface area contributed by atoms with E-state index in [-0.39, 0.29) is 18.0 Å². The highest BCUT2D eigenvalue weighted by atomic mass is 16.2. The molecular formula is C19H21N7O. The van der Waals surface area contributed by atoms with Gasteiger partial charge in [0.05, 0.1) is 12.2 Å². The van der Waals surface area contributed by atoms with E-state index in [1.54, 1.807) is 17.0 Å². The lowest BCUT2D eigenvalue weighted by Crippen LogP contribution is -2.33. The zero-order valence-corrected chi connectivity index (χ0v) is 15.2. The van der Waals surface area contributed by atoms with Crippen molar-refractivity contribution in [2.75, 3.05) is 11.4 Å². The summed E-state index contributed by atoms with van der Waals surface area (Å²) < 4.78 is 1.65. The Balaban J connectivity index is 1.68. The summed E-state index contributed by atoms with van der Waals surface area (Å²) >= 11 is 0. The molecule has 1 amide bonds. The number of hydrogen-bond acceptors (Lipinski definition) is 6. The van der Waals surface area contributed by atoms with Gasteiger partial charge in [-0.15, -0.1) is 5.10 Å². The van der Waals surface area contributed by atoms with E-state index in [0.717, 1.165) is 43.7 Å². The molecule has 0 saturated carbocycles. The van der Waals surface area contributed by atoms with Crippen LogP contribution in [0.3, 0.4) is 0 Å². The van der Waals surface area contributed by atoms with Gasteiger partial charge in [-0.2, -0.15) is 0 Å². The highest BCUT2D eigenvalue weighted by molar-refractivity contribution is 5.93. The standard InChI is InChI=1S/C19H21N7O/c1-12-4-5-14-13(9-20-11-22-14)15-3-2-8-25(15)18-7-6-17-21-10-16(19(27)23-12)26(17)24-18/h6-7,9-12,15H,2-5,8H2,1H3,(H,23,27)/t12?,15-/m1/s1. The number of carbonyl (C=O) groups is 1. The minimum atomic E-state index is -0.153. The number of rotatable bonds is 0. The molecule has 1 unspecified atom stereocenters. The Morgan fingerprint density at radius 2 is 2.11 bits per heavy atom.